The van der Waals surface area contributed by atoms with Gasteiger partial charge in [-0.15, -0.1) is 0 Å². The molecule has 1 aliphatic rings. The van der Waals surface area contributed by atoms with Crippen LogP contribution < -0.4 is 5.32 Å². The summed E-state index contributed by atoms with van der Waals surface area (Å²) in [6.45, 7) is 3.73. The van der Waals surface area contributed by atoms with Gasteiger partial charge in [0.2, 0.25) is 5.91 Å². The lowest BCUT2D eigenvalue weighted by molar-refractivity contribution is -0.302. The van der Waals surface area contributed by atoms with Crippen molar-refractivity contribution in [2.24, 2.45) is 0 Å². The van der Waals surface area contributed by atoms with Crippen molar-refractivity contribution < 1.29 is 39.8 Å². The number of nitrogens with one attached hydrogen (secondary N) is 1. The van der Waals surface area contributed by atoms with Crippen molar-refractivity contribution in [1.29, 1.82) is 0 Å². The van der Waals surface area contributed by atoms with Gasteiger partial charge in [0, 0.05) is 6.42 Å². The summed E-state index contributed by atoms with van der Waals surface area (Å²) in [5.74, 6) is -0.177. The van der Waals surface area contributed by atoms with E-state index in [4.69, 9.17) is 9.47 Å². The molecule has 9 heteroatoms. The molecule has 7 atom stereocenters. The Morgan fingerprint density at radius 2 is 0.747 bits per heavy atom. The minimum absolute atomic E-state index is 0.158. The molecule has 0 bridgehead atoms. The van der Waals surface area contributed by atoms with E-state index in [1.54, 1.807) is 0 Å². The van der Waals surface area contributed by atoms with Gasteiger partial charge in [-0.2, -0.15) is 0 Å². The molecule has 0 aromatic heterocycles. The smallest absolute Gasteiger partial charge is 0.220 e. The van der Waals surface area contributed by atoms with E-state index in [0.717, 1.165) is 103 Å². The van der Waals surface area contributed by atoms with Gasteiger partial charge in [-0.1, -0.05) is 316 Å². The zero-order valence-corrected chi connectivity index (χ0v) is 53.4. The third kappa shape index (κ3) is 50.7. The molecule has 0 radical (unpaired) electrons. The first-order chi connectivity index (χ1) is 40.8. The lowest BCUT2D eigenvalue weighted by Gasteiger charge is -2.40. The van der Waals surface area contributed by atoms with Crippen LogP contribution in [0, 0.1) is 0 Å². The van der Waals surface area contributed by atoms with E-state index in [1.807, 2.05) is 0 Å². The van der Waals surface area contributed by atoms with E-state index in [-0.39, 0.29) is 12.5 Å². The molecule has 0 aromatic rings. The van der Waals surface area contributed by atoms with Gasteiger partial charge in [-0.3, -0.25) is 4.79 Å². The number of amides is 1. The first-order valence-corrected chi connectivity index (χ1v) is 34.6. The summed E-state index contributed by atoms with van der Waals surface area (Å²) in [5, 5.41) is 54.9. The standard InChI is InChI=1S/C74H129NO8/c1-3-5-7-9-11-13-15-17-19-21-23-25-27-29-31-33-34-36-38-40-42-44-46-48-50-52-54-56-58-60-62-64-70(78)75-67(66-82-74-73(81)72(80)71(79)69(65-76)83-74)68(77)63-61-59-57-55-53-51-49-47-45-43-41-39-37-35-32-30-28-26-24-22-20-18-16-14-12-10-8-6-4-2/h5,7,11,13,17,19,23,25,29,31,34,36,40,42,46,48,52,54,67-69,71-74,76-77,79-81H,3-4,6,8-10,12,14-16,18,20-22,24,26-28,30,32-33,35,37-39,41,43-45,47,49-51,53,55-66H2,1-2H3,(H,75,78)/b7-5-,13-11-,19-17-,25-23-,31-29-,36-34-,42-40-,48-46-,54-52-. The van der Waals surface area contributed by atoms with Gasteiger partial charge in [0.1, 0.15) is 24.4 Å². The fraction of sp³-hybridized carbons (Fsp3) is 0.743. The second kappa shape index (κ2) is 61.9. The summed E-state index contributed by atoms with van der Waals surface area (Å²) >= 11 is 0. The van der Waals surface area contributed by atoms with Gasteiger partial charge in [0.15, 0.2) is 6.29 Å². The average Bonchev–Trinajstić information content (AvgIpc) is 3.61. The van der Waals surface area contributed by atoms with E-state index in [1.165, 1.54) is 167 Å². The minimum atomic E-state index is -1.57. The fourth-order valence-electron chi connectivity index (χ4n) is 10.5. The molecule has 1 aliphatic heterocycles. The first-order valence-electron chi connectivity index (χ1n) is 34.6. The molecule has 0 aliphatic carbocycles. The number of ether oxygens (including phenoxy) is 2. The minimum Gasteiger partial charge on any atom is -0.394 e. The van der Waals surface area contributed by atoms with Gasteiger partial charge >= 0.3 is 0 Å². The number of carbonyl (C=O) groups is 1. The van der Waals surface area contributed by atoms with Crippen LogP contribution in [0.25, 0.3) is 0 Å². The molecule has 9 nitrogen and oxygen atoms in total. The molecule has 0 spiro atoms. The largest absolute Gasteiger partial charge is 0.394 e. The molecule has 1 amide bonds. The van der Waals surface area contributed by atoms with Crippen molar-refractivity contribution in [2.45, 2.75) is 339 Å². The predicted octanol–water partition coefficient (Wildman–Crippen LogP) is 18.9. The van der Waals surface area contributed by atoms with Crippen LogP contribution in [0.4, 0.5) is 0 Å². The summed E-state index contributed by atoms with van der Waals surface area (Å²) in [7, 11) is 0. The summed E-state index contributed by atoms with van der Waals surface area (Å²) < 4.78 is 11.3. The molecule has 0 aromatic carbocycles. The van der Waals surface area contributed by atoms with Gasteiger partial charge in [0.25, 0.3) is 0 Å². The van der Waals surface area contributed by atoms with E-state index in [0.29, 0.717) is 12.8 Å². The number of aliphatic hydroxyl groups is 5. The molecular formula is C74H129NO8. The van der Waals surface area contributed by atoms with Gasteiger partial charge in [-0.25, -0.2) is 0 Å². The van der Waals surface area contributed by atoms with Crippen LogP contribution in [0.5, 0.6) is 0 Å². The number of allylic oxidation sites excluding steroid dienone is 18. The number of aliphatic hydroxyl groups excluding tert-OH is 5. The summed E-state index contributed by atoms with van der Waals surface area (Å²) in [6.07, 6.45) is 84.3. The molecule has 478 valence electrons. The lowest BCUT2D eigenvalue weighted by Crippen LogP contribution is -2.60. The van der Waals surface area contributed by atoms with Crippen LogP contribution in [-0.2, 0) is 14.3 Å². The van der Waals surface area contributed by atoms with Gasteiger partial charge in [-0.05, 0) is 83.5 Å². The van der Waals surface area contributed by atoms with Crippen molar-refractivity contribution in [1.82, 2.24) is 5.32 Å². The molecule has 1 heterocycles. The van der Waals surface area contributed by atoms with E-state index in [9.17, 15) is 30.3 Å². The SMILES string of the molecule is CC/C=C\C/C=C\C/C=C\C/C=C\C/C=C\C/C=C\C/C=C\C/C=C\C/C=C\CCCCCC(=O)NC(COC1OC(CO)C(O)C(O)C1O)C(O)CCCCCCCCCCCCCCCCCCCCCCCCCCCCCCC. The number of unbranched alkanes of at least 4 members (excludes halogenated alkanes) is 31. The number of hydrogen-bond donors (Lipinski definition) is 6. The van der Waals surface area contributed by atoms with E-state index < -0.39 is 49.5 Å². The third-order valence-corrected chi connectivity index (χ3v) is 15.9. The Morgan fingerprint density at radius 1 is 0.422 bits per heavy atom. The van der Waals surface area contributed by atoms with Crippen LogP contribution >= 0.6 is 0 Å². The lowest BCUT2D eigenvalue weighted by atomic mass is 9.99. The first kappa shape index (κ1) is 77.9. The monoisotopic (exact) mass is 1160 g/mol. The van der Waals surface area contributed by atoms with Crippen molar-refractivity contribution in [3.8, 4) is 0 Å². The third-order valence-electron chi connectivity index (χ3n) is 15.9. The van der Waals surface area contributed by atoms with Gasteiger partial charge < -0.3 is 40.3 Å². The topological polar surface area (TPSA) is 149 Å². The maximum atomic E-state index is 13.1. The van der Waals surface area contributed by atoms with Crippen LogP contribution in [0.15, 0.2) is 109 Å². The van der Waals surface area contributed by atoms with E-state index >= 15 is 0 Å². The van der Waals surface area contributed by atoms with Crippen LogP contribution in [0.3, 0.4) is 0 Å². The van der Waals surface area contributed by atoms with Gasteiger partial charge in [0.05, 0.1) is 25.4 Å². The van der Waals surface area contributed by atoms with Crippen LogP contribution in [-0.4, -0.2) is 87.5 Å². The Kier molecular flexibility index (Phi) is 58.1. The second-order valence-corrected chi connectivity index (χ2v) is 23.6. The van der Waals surface area contributed by atoms with Crippen LogP contribution in [0.1, 0.15) is 296 Å². The normalized spacial score (nSPS) is 19.0. The Balaban J connectivity index is 2.18. The molecule has 7 unspecified atom stereocenters. The average molecular weight is 1160 g/mol. The quantitative estimate of drug-likeness (QED) is 0.0261. The molecule has 83 heavy (non-hydrogen) atoms. The zero-order chi connectivity index (χ0) is 60.0. The zero-order valence-electron chi connectivity index (χ0n) is 53.4. The summed E-state index contributed by atoms with van der Waals surface area (Å²) in [4.78, 5) is 13.1. The highest BCUT2D eigenvalue weighted by Crippen LogP contribution is 2.23. The Bertz CT molecular complexity index is 1680. The maximum Gasteiger partial charge on any atom is 0.220 e. The highest BCUT2D eigenvalue weighted by atomic mass is 16.7. The highest BCUT2D eigenvalue weighted by Gasteiger charge is 2.44. The van der Waals surface area contributed by atoms with Crippen LogP contribution in [0.2, 0.25) is 0 Å². The van der Waals surface area contributed by atoms with Crippen molar-refractivity contribution >= 4 is 5.91 Å². The Labute approximate surface area is 510 Å². The second-order valence-electron chi connectivity index (χ2n) is 23.6. The molecule has 6 N–H and O–H groups in total. The summed E-state index contributed by atoms with van der Waals surface area (Å²) in [5.41, 5.74) is 0. The van der Waals surface area contributed by atoms with E-state index in [2.05, 4.69) is 129 Å². The maximum absolute atomic E-state index is 13.1. The summed E-state index contributed by atoms with van der Waals surface area (Å²) in [6, 6.07) is -0.747. The molecule has 1 rings (SSSR count). The molecule has 1 fully saturated rings. The Hall–Kier alpha value is -3.15. The van der Waals surface area contributed by atoms with Crippen molar-refractivity contribution in [3.05, 3.63) is 109 Å². The Morgan fingerprint density at radius 3 is 1.10 bits per heavy atom. The molecular weight excluding hydrogens is 1030 g/mol. The molecule has 0 saturated carbocycles. The number of hydrogen-bond acceptors (Lipinski definition) is 8. The number of rotatable bonds is 59. The predicted molar refractivity (Wildman–Crippen MR) is 354 cm³/mol. The van der Waals surface area contributed by atoms with Crippen molar-refractivity contribution in [3.63, 3.8) is 0 Å². The molecule has 1 saturated heterocycles. The fourth-order valence-corrected chi connectivity index (χ4v) is 10.5. The number of carbonyl (C=O) groups excluding carboxylic acids is 1. The highest BCUT2D eigenvalue weighted by molar-refractivity contribution is 5.76. The van der Waals surface area contributed by atoms with Crippen molar-refractivity contribution in [2.75, 3.05) is 13.2 Å².